The van der Waals surface area contributed by atoms with E-state index in [1.165, 1.54) is 9.13 Å². The number of halogens is 3. The zero-order chi connectivity index (χ0) is 24.7. The number of carbonyl (C=O) groups excluding carboxylic acids is 1. The maximum Gasteiger partial charge on any atom is 0.406 e. The third-order valence-electron chi connectivity index (χ3n) is 7.19. The van der Waals surface area contributed by atoms with Gasteiger partial charge < -0.3 is 19.4 Å². The van der Waals surface area contributed by atoms with Crippen molar-refractivity contribution in [3.05, 3.63) is 70.3 Å². The summed E-state index contributed by atoms with van der Waals surface area (Å²) in [6.07, 6.45) is 1.47. The lowest BCUT2D eigenvalue weighted by Crippen LogP contribution is -2.47. The Hall–Kier alpha value is -3.07. The molecule has 3 heterocycles. The molecule has 2 aromatic heterocycles. The first-order chi connectivity index (χ1) is 16.7. The molecule has 1 amide bonds. The first kappa shape index (κ1) is 23.7. The van der Waals surface area contributed by atoms with Crippen LogP contribution in [0.15, 0.2) is 53.6 Å². The lowest BCUT2D eigenvalue weighted by molar-refractivity contribution is -0.140. The standard InChI is InChI=1S/C26H29F3N4O2/c1-31-11-9-17(12-24(31)34)20-8-10-30-13-22(20)25(35)33(19-6-7-19)15-18-14-32(16-26(27,28)29)23-5-3-2-4-21(18)23/h2-5,9,11-12,14,19-20,22,30H,6-8,10,13,15-16H2,1H3/t20-,22+/m0/s1. The Bertz CT molecular complexity index is 1290. The molecule has 2 aliphatic rings. The summed E-state index contributed by atoms with van der Waals surface area (Å²) in [4.78, 5) is 28.0. The van der Waals surface area contributed by atoms with E-state index in [0.29, 0.717) is 12.1 Å². The summed E-state index contributed by atoms with van der Waals surface area (Å²) in [5, 5.41) is 4.06. The lowest BCUT2D eigenvalue weighted by Gasteiger charge is -2.35. The van der Waals surface area contributed by atoms with Crippen molar-refractivity contribution >= 4 is 16.8 Å². The lowest BCUT2D eigenvalue weighted by atomic mass is 9.80. The Morgan fingerprint density at radius 1 is 1.17 bits per heavy atom. The molecule has 1 saturated carbocycles. The molecule has 0 unspecified atom stereocenters. The molecule has 1 aliphatic heterocycles. The highest BCUT2D eigenvalue weighted by atomic mass is 19.4. The van der Waals surface area contributed by atoms with Gasteiger partial charge in [-0.15, -0.1) is 0 Å². The van der Waals surface area contributed by atoms with Crippen LogP contribution in [0.1, 0.15) is 36.3 Å². The van der Waals surface area contributed by atoms with Crippen LogP contribution in [-0.4, -0.2) is 45.2 Å². The number of rotatable bonds is 6. The number of amides is 1. The predicted octanol–water partition coefficient (Wildman–Crippen LogP) is 3.79. The molecule has 186 valence electrons. The third-order valence-corrected chi connectivity index (χ3v) is 7.19. The molecule has 1 aliphatic carbocycles. The van der Waals surface area contributed by atoms with E-state index in [1.807, 2.05) is 23.1 Å². The fourth-order valence-electron chi connectivity index (χ4n) is 5.25. The number of hydrogen-bond donors (Lipinski definition) is 1. The molecule has 1 aromatic carbocycles. The molecule has 3 aromatic rings. The van der Waals surface area contributed by atoms with Gasteiger partial charge in [0, 0.05) is 55.5 Å². The summed E-state index contributed by atoms with van der Waals surface area (Å²) in [5.41, 5.74) is 1.99. The average molecular weight is 487 g/mol. The maximum atomic E-state index is 13.9. The van der Waals surface area contributed by atoms with Gasteiger partial charge in [0.1, 0.15) is 6.54 Å². The van der Waals surface area contributed by atoms with Crippen LogP contribution in [0.5, 0.6) is 0 Å². The molecule has 0 spiro atoms. The highest BCUT2D eigenvalue weighted by Gasteiger charge is 2.40. The molecular formula is C26H29F3N4O2. The van der Waals surface area contributed by atoms with E-state index in [4.69, 9.17) is 0 Å². The second-order valence-electron chi connectivity index (χ2n) is 9.73. The molecule has 9 heteroatoms. The Kier molecular flexibility index (Phi) is 6.21. The molecule has 1 N–H and O–H groups in total. The van der Waals surface area contributed by atoms with E-state index in [1.54, 1.807) is 37.6 Å². The van der Waals surface area contributed by atoms with E-state index in [-0.39, 0.29) is 35.9 Å². The number of pyridine rings is 1. The number of nitrogens with zero attached hydrogens (tertiary/aromatic N) is 3. The summed E-state index contributed by atoms with van der Waals surface area (Å²) in [6, 6.07) is 10.7. The number of para-hydroxylation sites is 1. The maximum absolute atomic E-state index is 13.9. The second kappa shape index (κ2) is 9.18. The number of aryl methyl sites for hydroxylation is 1. The number of nitrogens with one attached hydrogen (secondary N) is 1. The molecule has 0 radical (unpaired) electrons. The Morgan fingerprint density at radius 3 is 2.66 bits per heavy atom. The van der Waals surface area contributed by atoms with Gasteiger partial charge >= 0.3 is 6.18 Å². The minimum atomic E-state index is -4.33. The first-order valence-electron chi connectivity index (χ1n) is 12.0. The van der Waals surface area contributed by atoms with Crippen molar-refractivity contribution in [3.8, 4) is 0 Å². The number of carbonyl (C=O) groups is 1. The number of aromatic nitrogens is 2. The van der Waals surface area contributed by atoms with Crippen molar-refractivity contribution in [1.29, 1.82) is 0 Å². The van der Waals surface area contributed by atoms with Gasteiger partial charge in [-0.1, -0.05) is 18.2 Å². The normalized spacial score (nSPS) is 20.8. The number of piperidine rings is 1. The van der Waals surface area contributed by atoms with Crippen LogP contribution in [0.25, 0.3) is 10.9 Å². The topological polar surface area (TPSA) is 59.3 Å². The van der Waals surface area contributed by atoms with Gasteiger partial charge in [-0.2, -0.15) is 13.2 Å². The van der Waals surface area contributed by atoms with E-state index in [0.717, 1.165) is 42.3 Å². The van der Waals surface area contributed by atoms with Crippen molar-refractivity contribution in [1.82, 2.24) is 19.4 Å². The number of hydrogen-bond acceptors (Lipinski definition) is 3. The fourth-order valence-corrected chi connectivity index (χ4v) is 5.25. The Morgan fingerprint density at radius 2 is 1.94 bits per heavy atom. The third kappa shape index (κ3) is 5.00. The average Bonchev–Trinajstić information content (AvgIpc) is 3.62. The van der Waals surface area contributed by atoms with Crippen molar-refractivity contribution < 1.29 is 18.0 Å². The van der Waals surface area contributed by atoms with Gasteiger partial charge in [0.25, 0.3) is 5.56 Å². The van der Waals surface area contributed by atoms with Gasteiger partial charge in [0.15, 0.2) is 0 Å². The zero-order valence-corrected chi connectivity index (χ0v) is 19.6. The zero-order valence-electron chi connectivity index (χ0n) is 19.6. The van der Waals surface area contributed by atoms with Crippen molar-refractivity contribution in [2.24, 2.45) is 13.0 Å². The molecule has 0 bridgehead atoms. The van der Waals surface area contributed by atoms with Gasteiger partial charge in [0.05, 0.1) is 5.92 Å². The SMILES string of the molecule is Cn1ccc([C@@H]2CCNC[C@H]2C(=O)N(Cc2cn(CC(F)(F)F)c3ccccc23)C2CC2)cc1=O. The number of fused-ring (bicyclic) bond motifs is 1. The second-order valence-corrected chi connectivity index (χ2v) is 9.73. The van der Waals surface area contributed by atoms with Gasteiger partial charge in [-0.25, -0.2) is 0 Å². The van der Waals surface area contributed by atoms with E-state index in [9.17, 15) is 22.8 Å². The van der Waals surface area contributed by atoms with Crippen LogP contribution in [0.3, 0.4) is 0 Å². The summed E-state index contributed by atoms with van der Waals surface area (Å²) in [7, 11) is 1.70. The summed E-state index contributed by atoms with van der Waals surface area (Å²) in [6.45, 7) is 0.479. The van der Waals surface area contributed by atoms with Gasteiger partial charge in [-0.3, -0.25) is 9.59 Å². The van der Waals surface area contributed by atoms with Gasteiger partial charge in [0.2, 0.25) is 5.91 Å². The predicted molar refractivity (Wildman–Crippen MR) is 127 cm³/mol. The monoisotopic (exact) mass is 486 g/mol. The highest BCUT2D eigenvalue weighted by molar-refractivity contribution is 5.85. The molecule has 2 atom stereocenters. The van der Waals surface area contributed by atoms with Crippen LogP contribution in [0.2, 0.25) is 0 Å². The van der Waals surface area contributed by atoms with Crippen LogP contribution < -0.4 is 10.9 Å². The molecule has 1 saturated heterocycles. The number of benzene rings is 1. The quantitative estimate of drug-likeness (QED) is 0.577. The number of alkyl halides is 3. The molecule has 35 heavy (non-hydrogen) atoms. The van der Waals surface area contributed by atoms with E-state index >= 15 is 0 Å². The molecule has 2 fully saturated rings. The van der Waals surface area contributed by atoms with Crippen LogP contribution >= 0.6 is 0 Å². The largest absolute Gasteiger partial charge is 0.406 e. The van der Waals surface area contributed by atoms with Gasteiger partial charge in [-0.05, 0) is 55.0 Å². The highest BCUT2D eigenvalue weighted by Crippen LogP contribution is 2.37. The van der Waals surface area contributed by atoms with Crippen LogP contribution in [0, 0.1) is 5.92 Å². The van der Waals surface area contributed by atoms with Crippen LogP contribution in [-0.2, 0) is 24.9 Å². The van der Waals surface area contributed by atoms with Crippen molar-refractivity contribution in [2.75, 3.05) is 13.1 Å². The summed E-state index contributed by atoms with van der Waals surface area (Å²) in [5.74, 6) is -0.413. The minimum Gasteiger partial charge on any atom is -0.338 e. The van der Waals surface area contributed by atoms with E-state index in [2.05, 4.69) is 5.32 Å². The van der Waals surface area contributed by atoms with Crippen molar-refractivity contribution in [2.45, 2.75) is 50.5 Å². The summed E-state index contributed by atoms with van der Waals surface area (Å²) >= 11 is 0. The van der Waals surface area contributed by atoms with Crippen LogP contribution in [0.4, 0.5) is 13.2 Å². The fraction of sp³-hybridized carbons (Fsp3) is 0.462. The minimum absolute atomic E-state index is 0.00182. The van der Waals surface area contributed by atoms with E-state index < -0.39 is 12.7 Å². The smallest absolute Gasteiger partial charge is 0.338 e. The molecule has 5 rings (SSSR count). The van der Waals surface area contributed by atoms with Crippen molar-refractivity contribution in [3.63, 3.8) is 0 Å². The first-order valence-corrected chi connectivity index (χ1v) is 12.0. The Balaban J connectivity index is 1.45. The Labute approximate surface area is 201 Å². The summed E-state index contributed by atoms with van der Waals surface area (Å²) < 4.78 is 42.3. The molecular weight excluding hydrogens is 457 g/mol. The molecule has 6 nitrogen and oxygen atoms in total.